The standard InChI is InChI=1S/C23H24N4O4S/c1-16(28)17-6-5-7-19(14-17)24-23-11-9-20(25-26-23)18-8-10-21(31-2)22(15-18)32(29,30)27-12-3-4-13-27/h5-11,14-15H,3-4,12-13H2,1-2H3,(H,24,26). The highest BCUT2D eigenvalue weighted by molar-refractivity contribution is 7.89. The number of benzene rings is 2. The molecule has 9 heteroatoms. The molecule has 1 fully saturated rings. The molecule has 1 N–H and O–H groups in total. The Kier molecular flexibility index (Phi) is 6.20. The monoisotopic (exact) mass is 452 g/mol. The summed E-state index contributed by atoms with van der Waals surface area (Å²) in [5, 5.41) is 11.6. The van der Waals surface area contributed by atoms with Crippen molar-refractivity contribution in [2.24, 2.45) is 0 Å². The number of methoxy groups -OCH3 is 1. The van der Waals surface area contributed by atoms with Gasteiger partial charge in [0.15, 0.2) is 11.6 Å². The number of sulfonamides is 1. The third kappa shape index (κ3) is 4.49. The molecule has 0 amide bonds. The number of hydrogen-bond acceptors (Lipinski definition) is 7. The van der Waals surface area contributed by atoms with Crippen molar-refractivity contribution >= 4 is 27.3 Å². The van der Waals surface area contributed by atoms with Crippen LogP contribution < -0.4 is 10.1 Å². The molecular weight excluding hydrogens is 428 g/mol. The Labute approximate surface area is 187 Å². The van der Waals surface area contributed by atoms with Gasteiger partial charge in [-0.1, -0.05) is 12.1 Å². The van der Waals surface area contributed by atoms with Gasteiger partial charge in [-0.05, 0) is 62.2 Å². The third-order valence-electron chi connectivity index (χ3n) is 5.35. The number of aromatic nitrogens is 2. The Balaban J connectivity index is 1.60. The number of ether oxygens (including phenoxy) is 1. The van der Waals surface area contributed by atoms with Crippen LogP contribution in [-0.4, -0.2) is 48.9 Å². The molecule has 166 valence electrons. The first kappa shape index (κ1) is 21.9. The molecular formula is C23H24N4O4S. The van der Waals surface area contributed by atoms with E-state index in [9.17, 15) is 13.2 Å². The van der Waals surface area contributed by atoms with Gasteiger partial charge >= 0.3 is 0 Å². The van der Waals surface area contributed by atoms with Crippen LogP contribution in [0.5, 0.6) is 5.75 Å². The van der Waals surface area contributed by atoms with E-state index in [2.05, 4.69) is 15.5 Å². The van der Waals surface area contributed by atoms with Crippen LogP contribution in [-0.2, 0) is 10.0 Å². The van der Waals surface area contributed by atoms with E-state index in [1.807, 2.05) is 6.07 Å². The first-order chi connectivity index (χ1) is 15.4. The molecule has 2 heterocycles. The lowest BCUT2D eigenvalue weighted by Crippen LogP contribution is -2.28. The van der Waals surface area contributed by atoms with Crippen LogP contribution >= 0.6 is 0 Å². The van der Waals surface area contributed by atoms with E-state index >= 15 is 0 Å². The van der Waals surface area contributed by atoms with Gasteiger partial charge in [-0.2, -0.15) is 4.31 Å². The fourth-order valence-corrected chi connectivity index (χ4v) is 5.32. The van der Waals surface area contributed by atoms with Gasteiger partial charge in [0.25, 0.3) is 0 Å². The number of hydrogen-bond donors (Lipinski definition) is 1. The second kappa shape index (κ2) is 9.05. The van der Waals surface area contributed by atoms with E-state index in [1.165, 1.54) is 18.3 Å². The minimum Gasteiger partial charge on any atom is -0.495 e. The molecule has 0 unspecified atom stereocenters. The van der Waals surface area contributed by atoms with Gasteiger partial charge in [0.2, 0.25) is 10.0 Å². The van der Waals surface area contributed by atoms with Crippen molar-refractivity contribution in [2.75, 3.05) is 25.5 Å². The van der Waals surface area contributed by atoms with Crippen LogP contribution in [0, 0.1) is 0 Å². The summed E-state index contributed by atoms with van der Waals surface area (Å²) < 4.78 is 33.0. The predicted molar refractivity (Wildman–Crippen MR) is 122 cm³/mol. The highest BCUT2D eigenvalue weighted by atomic mass is 32.2. The molecule has 2 aromatic carbocycles. The first-order valence-corrected chi connectivity index (χ1v) is 11.7. The fraction of sp³-hybridized carbons (Fsp3) is 0.261. The molecule has 32 heavy (non-hydrogen) atoms. The normalized spacial score (nSPS) is 14.3. The van der Waals surface area contributed by atoms with E-state index in [-0.39, 0.29) is 10.7 Å². The third-order valence-corrected chi connectivity index (χ3v) is 7.27. The topological polar surface area (TPSA) is 101 Å². The molecule has 0 bridgehead atoms. The van der Waals surface area contributed by atoms with Crippen molar-refractivity contribution < 1.29 is 17.9 Å². The van der Waals surface area contributed by atoms with Gasteiger partial charge in [-0.15, -0.1) is 10.2 Å². The Morgan fingerprint density at radius 3 is 2.47 bits per heavy atom. The molecule has 0 radical (unpaired) electrons. The summed E-state index contributed by atoms with van der Waals surface area (Å²) in [6.07, 6.45) is 1.72. The fourth-order valence-electron chi connectivity index (χ4n) is 3.62. The summed E-state index contributed by atoms with van der Waals surface area (Å²) in [6.45, 7) is 2.54. The molecule has 0 saturated carbocycles. The molecule has 0 atom stereocenters. The maximum Gasteiger partial charge on any atom is 0.246 e. The Morgan fingerprint density at radius 2 is 1.81 bits per heavy atom. The highest BCUT2D eigenvalue weighted by Gasteiger charge is 2.30. The van der Waals surface area contributed by atoms with Gasteiger partial charge in [0.05, 0.1) is 12.8 Å². The summed E-state index contributed by atoms with van der Waals surface area (Å²) in [6, 6.07) is 15.6. The van der Waals surface area contributed by atoms with Gasteiger partial charge in [-0.25, -0.2) is 8.42 Å². The number of ketones is 1. The summed E-state index contributed by atoms with van der Waals surface area (Å²) in [5.74, 6) is 0.791. The average molecular weight is 453 g/mol. The molecule has 8 nitrogen and oxygen atoms in total. The minimum atomic E-state index is -3.65. The molecule has 4 rings (SSSR count). The summed E-state index contributed by atoms with van der Waals surface area (Å²) in [7, 11) is -2.19. The lowest BCUT2D eigenvalue weighted by Gasteiger charge is -2.18. The maximum atomic E-state index is 13.1. The van der Waals surface area contributed by atoms with Crippen LogP contribution in [0.4, 0.5) is 11.5 Å². The van der Waals surface area contributed by atoms with Crippen molar-refractivity contribution in [2.45, 2.75) is 24.7 Å². The zero-order valence-electron chi connectivity index (χ0n) is 17.9. The van der Waals surface area contributed by atoms with Crippen LogP contribution in [0.2, 0.25) is 0 Å². The van der Waals surface area contributed by atoms with Crippen molar-refractivity contribution in [1.29, 1.82) is 0 Å². The van der Waals surface area contributed by atoms with Crippen molar-refractivity contribution in [1.82, 2.24) is 14.5 Å². The highest BCUT2D eigenvalue weighted by Crippen LogP contribution is 2.32. The summed E-state index contributed by atoms with van der Waals surface area (Å²) >= 11 is 0. The second-order valence-corrected chi connectivity index (χ2v) is 9.45. The molecule has 3 aromatic rings. The SMILES string of the molecule is COc1ccc(-c2ccc(Nc3cccc(C(C)=O)c3)nn2)cc1S(=O)(=O)N1CCCC1. The molecule has 1 aliphatic heterocycles. The minimum absolute atomic E-state index is 0.0192. The Hall–Kier alpha value is -3.30. The maximum absolute atomic E-state index is 13.1. The first-order valence-electron chi connectivity index (χ1n) is 10.3. The number of rotatable bonds is 7. The Morgan fingerprint density at radius 1 is 1.03 bits per heavy atom. The lowest BCUT2D eigenvalue weighted by atomic mass is 10.1. The van der Waals surface area contributed by atoms with E-state index in [0.717, 1.165) is 18.5 Å². The molecule has 1 aromatic heterocycles. The van der Waals surface area contributed by atoms with Crippen LogP contribution in [0.1, 0.15) is 30.1 Å². The zero-order valence-corrected chi connectivity index (χ0v) is 18.7. The van der Waals surface area contributed by atoms with Crippen molar-refractivity contribution in [3.8, 4) is 17.0 Å². The van der Waals surface area contributed by atoms with E-state index in [0.29, 0.717) is 41.5 Å². The number of carbonyl (C=O) groups excluding carboxylic acids is 1. The van der Waals surface area contributed by atoms with Crippen molar-refractivity contribution in [3.63, 3.8) is 0 Å². The van der Waals surface area contributed by atoms with E-state index in [1.54, 1.807) is 48.5 Å². The number of anilines is 2. The quantitative estimate of drug-likeness (QED) is 0.543. The molecule has 1 aliphatic rings. The zero-order chi connectivity index (χ0) is 22.7. The van der Waals surface area contributed by atoms with Gasteiger partial charge in [-0.3, -0.25) is 4.79 Å². The van der Waals surface area contributed by atoms with E-state index < -0.39 is 10.0 Å². The van der Waals surface area contributed by atoms with Crippen LogP contribution in [0.15, 0.2) is 59.5 Å². The number of Topliss-reactive ketones (excluding diaryl/α,β-unsaturated/α-hetero) is 1. The van der Waals surface area contributed by atoms with Gasteiger partial charge in [0, 0.05) is 29.9 Å². The van der Waals surface area contributed by atoms with Gasteiger partial charge in [0.1, 0.15) is 10.6 Å². The van der Waals surface area contributed by atoms with Crippen LogP contribution in [0.3, 0.4) is 0 Å². The Bertz CT molecular complexity index is 1240. The second-order valence-electron chi connectivity index (χ2n) is 7.54. The smallest absolute Gasteiger partial charge is 0.246 e. The van der Waals surface area contributed by atoms with Gasteiger partial charge < -0.3 is 10.1 Å². The lowest BCUT2D eigenvalue weighted by molar-refractivity contribution is 0.101. The number of nitrogens with one attached hydrogen (secondary N) is 1. The molecule has 0 aliphatic carbocycles. The van der Waals surface area contributed by atoms with Crippen LogP contribution in [0.25, 0.3) is 11.3 Å². The van der Waals surface area contributed by atoms with E-state index in [4.69, 9.17) is 4.74 Å². The summed E-state index contributed by atoms with van der Waals surface area (Å²) in [5.41, 5.74) is 2.49. The summed E-state index contributed by atoms with van der Waals surface area (Å²) in [4.78, 5) is 11.7. The molecule has 1 saturated heterocycles. The predicted octanol–water partition coefficient (Wildman–Crippen LogP) is 3.88. The number of nitrogens with zero attached hydrogens (tertiary/aromatic N) is 3. The molecule has 0 spiro atoms. The average Bonchev–Trinajstić information content (AvgIpc) is 3.35. The van der Waals surface area contributed by atoms with Crippen molar-refractivity contribution in [3.05, 3.63) is 60.2 Å². The number of carbonyl (C=O) groups is 1. The largest absolute Gasteiger partial charge is 0.495 e.